The van der Waals surface area contributed by atoms with Crippen LogP contribution in [0.15, 0.2) is 35.4 Å². The van der Waals surface area contributed by atoms with E-state index in [0.717, 1.165) is 12.1 Å². The molecule has 2 rings (SSSR count). The lowest BCUT2D eigenvalue weighted by Crippen LogP contribution is -2.23. The second-order valence-electron chi connectivity index (χ2n) is 3.78. The van der Waals surface area contributed by atoms with Gasteiger partial charge in [0.1, 0.15) is 0 Å². The van der Waals surface area contributed by atoms with Gasteiger partial charge >= 0.3 is 5.69 Å². The third-order valence-corrected chi connectivity index (χ3v) is 3.83. The lowest BCUT2D eigenvalue weighted by molar-refractivity contribution is -0.387. The highest BCUT2D eigenvalue weighted by molar-refractivity contribution is 7.89. The second-order valence-corrected chi connectivity index (χ2v) is 5.54. The predicted octanol–water partition coefficient (Wildman–Crippen LogP) is 0.935. The predicted molar refractivity (Wildman–Crippen MR) is 65.7 cm³/mol. The molecule has 0 radical (unpaired) electrons. The van der Waals surface area contributed by atoms with E-state index >= 15 is 0 Å². The molecular formula is C10H9FN4O4S. The fourth-order valence-electron chi connectivity index (χ4n) is 1.44. The highest BCUT2D eigenvalue weighted by Gasteiger charge is 2.21. The van der Waals surface area contributed by atoms with E-state index in [1.807, 2.05) is 0 Å². The number of nitrogens with zero attached hydrogens (tertiary/aromatic N) is 2. The number of halogens is 1. The summed E-state index contributed by atoms with van der Waals surface area (Å²) in [5, 5.41) is 16.8. The third-order valence-electron chi connectivity index (χ3n) is 2.44. The van der Waals surface area contributed by atoms with Gasteiger partial charge < -0.3 is 0 Å². The monoisotopic (exact) mass is 300 g/mol. The maximum absolute atomic E-state index is 13.1. The first kappa shape index (κ1) is 14.1. The molecule has 0 aliphatic carbocycles. The Balaban J connectivity index is 2.25. The molecule has 1 heterocycles. The van der Waals surface area contributed by atoms with Crippen molar-refractivity contribution in [1.82, 2.24) is 14.9 Å². The Kier molecular flexibility index (Phi) is 3.77. The molecule has 8 nitrogen and oxygen atoms in total. The van der Waals surface area contributed by atoms with Gasteiger partial charge in [0.2, 0.25) is 15.8 Å². The van der Waals surface area contributed by atoms with E-state index in [1.165, 1.54) is 6.20 Å². The van der Waals surface area contributed by atoms with Crippen molar-refractivity contribution in [2.45, 2.75) is 11.4 Å². The number of benzene rings is 1. The molecular weight excluding hydrogens is 291 g/mol. The summed E-state index contributed by atoms with van der Waals surface area (Å²) in [6, 6.07) is 3.93. The number of H-pyrrole nitrogens is 1. The molecule has 2 N–H and O–H groups in total. The van der Waals surface area contributed by atoms with Crippen molar-refractivity contribution in [3.05, 3.63) is 52.1 Å². The van der Waals surface area contributed by atoms with Gasteiger partial charge in [-0.05, 0) is 18.2 Å². The number of nitro benzene ring substituents is 1. The van der Waals surface area contributed by atoms with Gasteiger partial charge in [-0.25, -0.2) is 13.1 Å². The lowest BCUT2D eigenvalue weighted by atomic mass is 10.3. The zero-order valence-corrected chi connectivity index (χ0v) is 10.7. The Labute approximate surface area is 112 Å². The summed E-state index contributed by atoms with van der Waals surface area (Å²) in [7, 11) is -3.98. The standard InChI is InChI=1S/C10H9FN4O4S/c11-9-2-1-8(5-10(9)15(16)17)20(18,19)13-6-7-3-4-12-14-7/h1-5,13H,6H2,(H,12,14). The molecule has 0 aliphatic heterocycles. The minimum Gasteiger partial charge on any atom is -0.281 e. The van der Waals surface area contributed by atoms with Crippen molar-refractivity contribution >= 4 is 15.7 Å². The Morgan fingerprint density at radius 3 is 2.75 bits per heavy atom. The fourth-order valence-corrected chi connectivity index (χ4v) is 2.46. The number of sulfonamides is 1. The number of nitrogens with one attached hydrogen (secondary N) is 2. The molecule has 1 aromatic carbocycles. The van der Waals surface area contributed by atoms with Crippen LogP contribution >= 0.6 is 0 Å². The molecule has 0 amide bonds. The first-order valence-corrected chi connectivity index (χ1v) is 6.80. The molecule has 2 aromatic rings. The Morgan fingerprint density at radius 2 is 2.15 bits per heavy atom. The van der Waals surface area contributed by atoms with Gasteiger partial charge in [0.05, 0.1) is 22.1 Å². The van der Waals surface area contributed by atoms with Gasteiger partial charge in [-0.15, -0.1) is 0 Å². The first-order valence-electron chi connectivity index (χ1n) is 5.32. The fraction of sp³-hybridized carbons (Fsp3) is 0.100. The first-order chi connectivity index (χ1) is 9.40. The van der Waals surface area contributed by atoms with Crippen LogP contribution in [0.5, 0.6) is 0 Å². The Bertz CT molecular complexity index is 730. The molecule has 0 fully saturated rings. The SMILES string of the molecule is O=[N+]([O-])c1cc(S(=O)(=O)NCc2ccn[nH]2)ccc1F. The Hall–Kier alpha value is -2.33. The summed E-state index contributed by atoms with van der Waals surface area (Å²) in [5.41, 5.74) is -0.375. The van der Waals surface area contributed by atoms with E-state index in [1.54, 1.807) is 6.07 Å². The van der Waals surface area contributed by atoms with E-state index < -0.39 is 26.5 Å². The van der Waals surface area contributed by atoms with Crippen LogP contribution in [0.4, 0.5) is 10.1 Å². The zero-order chi connectivity index (χ0) is 14.8. The number of aromatic amines is 1. The van der Waals surface area contributed by atoms with Crippen LogP contribution in [0.1, 0.15) is 5.69 Å². The number of rotatable bonds is 5. The van der Waals surface area contributed by atoms with Crippen LogP contribution in [-0.2, 0) is 16.6 Å². The topological polar surface area (TPSA) is 118 Å². The van der Waals surface area contributed by atoms with Crippen molar-refractivity contribution in [2.75, 3.05) is 0 Å². The van der Waals surface area contributed by atoms with E-state index in [2.05, 4.69) is 14.9 Å². The van der Waals surface area contributed by atoms with Gasteiger partial charge in [0.25, 0.3) is 0 Å². The average molecular weight is 300 g/mol. The summed E-state index contributed by atoms with van der Waals surface area (Å²) in [5.74, 6) is -1.09. The van der Waals surface area contributed by atoms with E-state index in [4.69, 9.17) is 0 Å². The quantitative estimate of drug-likeness (QED) is 0.629. The van der Waals surface area contributed by atoms with Crippen molar-refractivity contribution in [3.8, 4) is 0 Å². The van der Waals surface area contributed by atoms with Crippen LogP contribution in [0.25, 0.3) is 0 Å². The number of aromatic nitrogens is 2. The minimum atomic E-state index is -3.98. The molecule has 106 valence electrons. The molecule has 0 saturated heterocycles. The average Bonchev–Trinajstić information content (AvgIpc) is 2.89. The normalized spacial score (nSPS) is 11.4. The van der Waals surface area contributed by atoms with Crippen LogP contribution in [0, 0.1) is 15.9 Å². The van der Waals surface area contributed by atoms with Crippen molar-refractivity contribution in [3.63, 3.8) is 0 Å². The molecule has 0 saturated carbocycles. The van der Waals surface area contributed by atoms with Crippen LogP contribution in [0.2, 0.25) is 0 Å². The van der Waals surface area contributed by atoms with E-state index in [9.17, 15) is 22.9 Å². The van der Waals surface area contributed by atoms with Gasteiger partial charge in [-0.1, -0.05) is 0 Å². The summed E-state index contributed by atoms with van der Waals surface area (Å²) in [6.45, 7) is -0.0620. The molecule has 20 heavy (non-hydrogen) atoms. The zero-order valence-electron chi connectivity index (χ0n) is 9.91. The van der Waals surface area contributed by atoms with Crippen LogP contribution in [-0.4, -0.2) is 23.5 Å². The molecule has 0 unspecified atom stereocenters. The molecule has 0 spiro atoms. The van der Waals surface area contributed by atoms with Gasteiger partial charge in [-0.2, -0.15) is 9.49 Å². The van der Waals surface area contributed by atoms with Gasteiger partial charge in [-0.3, -0.25) is 15.2 Å². The summed E-state index contributed by atoms with van der Waals surface area (Å²) < 4.78 is 39.2. The van der Waals surface area contributed by atoms with Crippen LogP contribution < -0.4 is 4.72 Å². The lowest BCUT2D eigenvalue weighted by Gasteiger charge is -2.05. The van der Waals surface area contributed by atoms with Gasteiger partial charge in [0, 0.05) is 12.3 Å². The highest BCUT2D eigenvalue weighted by Crippen LogP contribution is 2.21. The number of hydrogen-bond donors (Lipinski definition) is 2. The van der Waals surface area contributed by atoms with Crippen LogP contribution in [0.3, 0.4) is 0 Å². The van der Waals surface area contributed by atoms with E-state index in [0.29, 0.717) is 11.8 Å². The number of hydrogen-bond acceptors (Lipinski definition) is 5. The summed E-state index contributed by atoms with van der Waals surface area (Å²) in [6.07, 6.45) is 1.45. The van der Waals surface area contributed by atoms with E-state index in [-0.39, 0.29) is 11.4 Å². The molecule has 10 heteroatoms. The summed E-state index contributed by atoms with van der Waals surface area (Å²) in [4.78, 5) is 9.22. The maximum Gasteiger partial charge on any atom is 0.306 e. The molecule has 0 aliphatic rings. The molecule has 1 aromatic heterocycles. The summed E-state index contributed by atoms with van der Waals surface area (Å²) >= 11 is 0. The van der Waals surface area contributed by atoms with Crippen molar-refractivity contribution in [2.24, 2.45) is 0 Å². The largest absolute Gasteiger partial charge is 0.306 e. The molecule has 0 atom stereocenters. The smallest absolute Gasteiger partial charge is 0.281 e. The second kappa shape index (κ2) is 5.35. The Morgan fingerprint density at radius 1 is 1.40 bits per heavy atom. The van der Waals surface area contributed by atoms with Crippen molar-refractivity contribution in [1.29, 1.82) is 0 Å². The minimum absolute atomic E-state index is 0.0620. The molecule has 0 bridgehead atoms. The third kappa shape index (κ3) is 2.97. The van der Waals surface area contributed by atoms with Crippen molar-refractivity contribution < 1.29 is 17.7 Å². The number of nitro groups is 1. The highest BCUT2D eigenvalue weighted by atomic mass is 32.2. The van der Waals surface area contributed by atoms with Gasteiger partial charge in [0.15, 0.2) is 0 Å². The maximum atomic E-state index is 13.1.